The van der Waals surface area contributed by atoms with Crippen LogP contribution in [0.4, 0.5) is 13.2 Å². The van der Waals surface area contributed by atoms with Crippen LogP contribution in [0.15, 0.2) is 40.6 Å². The van der Waals surface area contributed by atoms with Gasteiger partial charge in [-0.25, -0.2) is 0 Å². The summed E-state index contributed by atoms with van der Waals surface area (Å²) in [4.78, 5) is 0. The molecule has 1 atom stereocenters. The summed E-state index contributed by atoms with van der Waals surface area (Å²) in [5.41, 5.74) is 0.298. The van der Waals surface area contributed by atoms with Crippen LogP contribution in [-0.2, 0) is 20.7 Å². The maximum absolute atomic E-state index is 13.1. The Hall–Kier alpha value is -0.800. The first-order valence-corrected chi connectivity index (χ1v) is 9.06. The number of rotatable bonds is 5. The van der Waals surface area contributed by atoms with Gasteiger partial charge >= 0.3 is 16.3 Å². The summed E-state index contributed by atoms with van der Waals surface area (Å²) in [7, 11) is -4.63. The minimum Gasteiger partial charge on any atom is -0.252 e. The summed E-state index contributed by atoms with van der Waals surface area (Å²) >= 11 is 11.8. The Morgan fingerprint density at radius 3 is 2.26 bits per heavy atom. The molecule has 0 amide bonds. The third-order valence-corrected chi connectivity index (χ3v) is 6.36. The molecule has 0 radical (unpaired) electrons. The Morgan fingerprint density at radius 1 is 1.17 bits per heavy atom. The van der Waals surface area contributed by atoms with Gasteiger partial charge in [-0.3, -0.25) is 4.18 Å². The lowest BCUT2D eigenvalue weighted by atomic mass is 10.1. The number of halogens is 5. The molecular weight excluding hydrogens is 396 g/mol. The second-order valence-corrected chi connectivity index (χ2v) is 8.32. The van der Waals surface area contributed by atoms with Crippen LogP contribution in [0.5, 0.6) is 0 Å². The van der Waals surface area contributed by atoms with Gasteiger partial charge in [0, 0.05) is 6.42 Å². The molecule has 126 valence electrons. The number of thiophene rings is 1. The third-order valence-electron chi connectivity index (χ3n) is 2.74. The molecule has 0 N–H and O–H groups in total. The van der Waals surface area contributed by atoms with Gasteiger partial charge in [-0.15, -0.1) is 11.3 Å². The van der Waals surface area contributed by atoms with E-state index in [1.165, 1.54) is 12.1 Å². The molecule has 0 saturated carbocycles. The molecule has 0 aliphatic rings. The summed E-state index contributed by atoms with van der Waals surface area (Å²) in [6, 6.07) is 8.60. The highest BCUT2D eigenvalue weighted by Gasteiger charge is 2.44. The summed E-state index contributed by atoms with van der Waals surface area (Å²) < 4.78 is 67.2. The van der Waals surface area contributed by atoms with Gasteiger partial charge in [-0.2, -0.15) is 21.6 Å². The van der Waals surface area contributed by atoms with Crippen molar-refractivity contribution in [3.8, 4) is 0 Å². The molecule has 1 aromatic carbocycles. The average Bonchev–Trinajstić information content (AvgIpc) is 2.79. The summed E-state index contributed by atoms with van der Waals surface area (Å²) in [5.74, 6) is 0. The molecule has 23 heavy (non-hydrogen) atoms. The molecule has 0 bridgehead atoms. The van der Waals surface area contributed by atoms with E-state index in [1.54, 1.807) is 18.2 Å². The summed E-state index contributed by atoms with van der Waals surface area (Å²) in [6.07, 6.45) is -7.99. The maximum Gasteiger partial charge on any atom is 0.416 e. The lowest BCUT2D eigenvalue weighted by molar-refractivity contribution is -0.193. The Kier molecular flexibility index (Phi) is 5.63. The van der Waals surface area contributed by atoms with Crippen molar-refractivity contribution in [3.05, 3.63) is 51.3 Å². The van der Waals surface area contributed by atoms with E-state index in [4.69, 9.17) is 23.2 Å². The summed E-state index contributed by atoms with van der Waals surface area (Å²) in [5, 5.41) is -0.0644. The molecule has 0 fully saturated rings. The highest BCUT2D eigenvalue weighted by molar-refractivity contribution is 7.89. The Morgan fingerprint density at radius 2 is 1.78 bits per heavy atom. The molecule has 0 saturated heterocycles. The molecule has 3 nitrogen and oxygen atoms in total. The predicted molar refractivity (Wildman–Crippen MR) is 82.6 cm³/mol. The van der Waals surface area contributed by atoms with Gasteiger partial charge in [0.15, 0.2) is 6.10 Å². The number of alkyl halides is 3. The fraction of sp³-hybridized carbons (Fsp3) is 0.231. The van der Waals surface area contributed by atoms with Gasteiger partial charge in [0.2, 0.25) is 0 Å². The Labute approximate surface area is 144 Å². The predicted octanol–water partition coefficient (Wildman–Crippen LogP) is 4.93. The van der Waals surface area contributed by atoms with E-state index in [-0.39, 0.29) is 9.36 Å². The van der Waals surface area contributed by atoms with E-state index in [2.05, 4.69) is 4.18 Å². The van der Waals surface area contributed by atoms with Crippen molar-refractivity contribution in [3.63, 3.8) is 0 Å². The normalized spacial score (nSPS) is 14.0. The van der Waals surface area contributed by atoms with Gasteiger partial charge in [0.1, 0.15) is 8.55 Å². The molecule has 1 heterocycles. The lowest BCUT2D eigenvalue weighted by Gasteiger charge is -2.20. The molecule has 2 aromatic rings. The first-order valence-electron chi connectivity index (χ1n) is 6.08. The standard InChI is InChI=1S/C13H9Cl2F3O3S2/c14-9-7-11(22-12(9)15)23(19,20)21-10(13(16,17)18)6-8-4-2-1-3-5-8/h1-5,7,10H,6H2. The van der Waals surface area contributed by atoms with Crippen LogP contribution in [0, 0.1) is 0 Å². The zero-order valence-electron chi connectivity index (χ0n) is 11.2. The quantitative estimate of drug-likeness (QED) is 0.663. The van der Waals surface area contributed by atoms with Gasteiger partial charge < -0.3 is 0 Å². The fourth-order valence-corrected chi connectivity index (χ4v) is 4.60. The number of benzene rings is 1. The van der Waals surface area contributed by atoms with E-state index < -0.39 is 33.0 Å². The number of hydrogen-bond donors (Lipinski definition) is 0. The SMILES string of the molecule is O=S(=O)(OC(Cc1ccccc1)C(F)(F)F)c1cc(Cl)c(Cl)s1. The first kappa shape index (κ1) is 18.5. The lowest BCUT2D eigenvalue weighted by Crippen LogP contribution is -2.35. The van der Waals surface area contributed by atoms with Crippen LogP contribution in [0.2, 0.25) is 9.36 Å². The Bertz CT molecular complexity index is 754. The van der Waals surface area contributed by atoms with Crippen molar-refractivity contribution in [2.24, 2.45) is 0 Å². The van der Waals surface area contributed by atoms with E-state index in [9.17, 15) is 21.6 Å². The van der Waals surface area contributed by atoms with Gasteiger partial charge in [0.25, 0.3) is 0 Å². The molecule has 10 heteroatoms. The molecule has 0 aliphatic heterocycles. The zero-order chi connectivity index (χ0) is 17.3. The van der Waals surface area contributed by atoms with Crippen molar-refractivity contribution in [1.29, 1.82) is 0 Å². The van der Waals surface area contributed by atoms with Crippen molar-refractivity contribution >= 4 is 44.7 Å². The van der Waals surface area contributed by atoms with Crippen molar-refractivity contribution < 1.29 is 25.8 Å². The average molecular weight is 405 g/mol. The molecule has 1 aromatic heterocycles. The first-order chi connectivity index (χ1) is 10.6. The molecular formula is C13H9Cl2F3O3S2. The zero-order valence-corrected chi connectivity index (χ0v) is 14.3. The molecule has 0 spiro atoms. The van der Waals surface area contributed by atoms with Crippen molar-refractivity contribution in [1.82, 2.24) is 0 Å². The van der Waals surface area contributed by atoms with Crippen LogP contribution in [-0.4, -0.2) is 20.7 Å². The minimum absolute atomic E-state index is 0.0412. The van der Waals surface area contributed by atoms with Gasteiger partial charge in [-0.1, -0.05) is 53.5 Å². The maximum atomic E-state index is 13.1. The Balaban J connectivity index is 2.27. The van der Waals surface area contributed by atoms with Gasteiger partial charge in [-0.05, 0) is 11.6 Å². The van der Waals surface area contributed by atoms with Crippen LogP contribution in [0.1, 0.15) is 5.56 Å². The van der Waals surface area contributed by atoms with E-state index >= 15 is 0 Å². The third kappa shape index (κ3) is 4.84. The fourth-order valence-electron chi connectivity index (χ4n) is 1.68. The molecule has 1 unspecified atom stereocenters. The van der Waals surface area contributed by atoms with Crippen molar-refractivity contribution in [2.45, 2.75) is 22.9 Å². The van der Waals surface area contributed by atoms with Gasteiger partial charge in [0.05, 0.1) is 5.02 Å². The molecule has 2 rings (SSSR count). The highest BCUT2D eigenvalue weighted by Crippen LogP contribution is 2.37. The van der Waals surface area contributed by atoms with E-state index in [0.29, 0.717) is 16.9 Å². The van der Waals surface area contributed by atoms with E-state index in [1.807, 2.05) is 0 Å². The van der Waals surface area contributed by atoms with Crippen LogP contribution < -0.4 is 0 Å². The van der Waals surface area contributed by atoms with Crippen molar-refractivity contribution in [2.75, 3.05) is 0 Å². The highest BCUT2D eigenvalue weighted by atomic mass is 35.5. The number of hydrogen-bond acceptors (Lipinski definition) is 4. The van der Waals surface area contributed by atoms with E-state index in [0.717, 1.165) is 6.07 Å². The van der Waals surface area contributed by atoms with Crippen LogP contribution >= 0.6 is 34.5 Å². The topological polar surface area (TPSA) is 43.4 Å². The molecule has 0 aliphatic carbocycles. The second kappa shape index (κ2) is 6.98. The summed E-state index contributed by atoms with van der Waals surface area (Å²) in [6.45, 7) is 0. The van der Waals surface area contributed by atoms with Crippen LogP contribution in [0.25, 0.3) is 0 Å². The monoisotopic (exact) mass is 404 g/mol. The minimum atomic E-state index is -4.85. The van der Waals surface area contributed by atoms with Crippen LogP contribution in [0.3, 0.4) is 0 Å². The second-order valence-electron chi connectivity index (χ2n) is 4.46. The smallest absolute Gasteiger partial charge is 0.252 e. The largest absolute Gasteiger partial charge is 0.416 e.